The smallest absolute Gasteiger partial charge is 0.335 e. The number of benzene rings is 1. The summed E-state index contributed by atoms with van der Waals surface area (Å²) in [5.41, 5.74) is 4.49. The molecule has 2 aliphatic carbocycles. The zero-order chi connectivity index (χ0) is 25.7. The minimum atomic E-state index is -3.31. The van der Waals surface area contributed by atoms with Crippen LogP contribution >= 0.6 is 0 Å². The number of hydrogen-bond acceptors (Lipinski definition) is 6. The summed E-state index contributed by atoms with van der Waals surface area (Å²) in [5, 5.41) is 14.8. The molecule has 0 amide bonds. The summed E-state index contributed by atoms with van der Waals surface area (Å²) in [4.78, 5) is 16.3. The van der Waals surface area contributed by atoms with E-state index in [9.17, 15) is 18.3 Å². The minimum Gasteiger partial charge on any atom is -0.478 e. The lowest BCUT2D eigenvalue weighted by Gasteiger charge is -2.28. The normalized spacial score (nSPS) is 21.9. The van der Waals surface area contributed by atoms with Crippen LogP contribution in [-0.4, -0.2) is 40.5 Å². The molecule has 1 aromatic carbocycles. The SMILES string of the molecule is CS(=O)(=O)Cc1noc(C2=CC3C=CC=CC3c3c(C4CCCCC4)c4ccc(C(=O)O)cc4n3C2)n1. The van der Waals surface area contributed by atoms with Gasteiger partial charge < -0.3 is 14.2 Å². The van der Waals surface area contributed by atoms with Gasteiger partial charge in [-0.2, -0.15) is 4.98 Å². The molecule has 2 aromatic heterocycles. The number of carboxylic acid groups (broad SMARTS) is 1. The summed E-state index contributed by atoms with van der Waals surface area (Å²) in [6.07, 6.45) is 17.7. The van der Waals surface area contributed by atoms with E-state index in [1.807, 2.05) is 12.1 Å². The molecule has 2 unspecified atom stereocenters. The van der Waals surface area contributed by atoms with Crippen LogP contribution in [0.4, 0.5) is 0 Å². The van der Waals surface area contributed by atoms with Crippen molar-refractivity contribution < 1.29 is 22.8 Å². The number of aromatic nitrogens is 3. The van der Waals surface area contributed by atoms with E-state index >= 15 is 0 Å². The van der Waals surface area contributed by atoms with E-state index < -0.39 is 15.8 Å². The minimum absolute atomic E-state index is 0.0529. The number of carbonyl (C=O) groups is 1. The van der Waals surface area contributed by atoms with Crippen LogP contribution in [0.2, 0.25) is 0 Å². The van der Waals surface area contributed by atoms with E-state index in [4.69, 9.17) is 4.52 Å². The van der Waals surface area contributed by atoms with Crippen molar-refractivity contribution in [1.29, 1.82) is 0 Å². The van der Waals surface area contributed by atoms with Crippen LogP contribution in [0.1, 0.15) is 77.3 Å². The first-order valence-electron chi connectivity index (χ1n) is 12.7. The van der Waals surface area contributed by atoms with Gasteiger partial charge in [0.1, 0.15) is 5.75 Å². The van der Waals surface area contributed by atoms with Crippen LogP contribution in [0, 0.1) is 5.92 Å². The highest BCUT2D eigenvalue weighted by atomic mass is 32.2. The first-order valence-corrected chi connectivity index (χ1v) is 14.8. The van der Waals surface area contributed by atoms with Crippen molar-refractivity contribution in [3.05, 3.63) is 77.1 Å². The van der Waals surface area contributed by atoms with Gasteiger partial charge >= 0.3 is 5.97 Å². The van der Waals surface area contributed by atoms with Gasteiger partial charge in [0.05, 0.1) is 12.1 Å². The predicted molar refractivity (Wildman–Crippen MR) is 140 cm³/mol. The van der Waals surface area contributed by atoms with E-state index in [0.29, 0.717) is 18.4 Å². The largest absolute Gasteiger partial charge is 0.478 e. The summed E-state index contributed by atoms with van der Waals surface area (Å²) in [5.74, 6) is -0.258. The zero-order valence-electron chi connectivity index (χ0n) is 20.6. The number of aromatic carboxylic acids is 1. The van der Waals surface area contributed by atoms with Crippen molar-refractivity contribution in [3.63, 3.8) is 0 Å². The highest BCUT2D eigenvalue weighted by Crippen LogP contribution is 2.48. The number of allylic oxidation sites excluding steroid dienone is 6. The van der Waals surface area contributed by atoms with Crippen LogP contribution in [0.3, 0.4) is 0 Å². The second kappa shape index (κ2) is 9.13. The number of carboxylic acids is 1. The van der Waals surface area contributed by atoms with Crippen LogP contribution in [0.15, 0.2) is 53.1 Å². The van der Waals surface area contributed by atoms with Crippen LogP contribution in [-0.2, 0) is 22.1 Å². The Balaban J connectivity index is 1.55. The Morgan fingerprint density at radius 3 is 2.70 bits per heavy atom. The molecule has 1 fully saturated rings. The Bertz CT molecular complexity index is 1580. The molecule has 0 bridgehead atoms. The van der Waals surface area contributed by atoms with Crippen molar-refractivity contribution in [3.8, 4) is 0 Å². The highest BCUT2D eigenvalue weighted by Gasteiger charge is 2.35. The molecule has 1 N–H and O–H groups in total. The van der Waals surface area contributed by atoms with Gasteiger partial charge in [0, 0.05) is 40.3 Å². The van der Waals surface area contributed by atoms with Gasteiger partial charge in [0.15, 0.2) is 15.7 Å². The molecule has 0 radical (unpaired) electrons. The third kappa shape index (κ3) is 4.45. The molecule has 6 rings (SSSR count). The van der Waals surface area contributed by atoms with Crippen molar-refractivity contribution >= 4 is 32.3 Å². The molecule has 3 aromatic rings. The topological polar surface area (TPSA) is 115 Å². The van der Waals surface area contributed by atoms with Crippen molar-refractivity contribution in [2.45, 2.75) is 56.2 Å². The molecule has 0 saturated heterocycles. The number of fused-ring (bicyclic) bond motifs is 5. The predicted octanol–water partition coefficient (Wildman–Crippen LogP) is 5.24. The van der Waals surface area contributed by atoms with Gasteiger partial charge in [0.25, 0.3) is 5.89 Å². The average molecular weight is 520 g/mol. The molecule has 8 nitrogen and oxygen atoms in total. The highest BCUT2D eigenvalue weighted by molar-refractivity contribution is 7.89. The quantitative estimate of drug-likeness (QED) is 0.490. The average Bonchev–Trinajstić information content (AvgIpc) is 3.40. The lowest BCUT2D eigenvalue weighted by Crippen LogP contribution is -2.15. The fraction of sp³-hybridized carbons (Fsp3) is 0.393. The van der Waals surface area contributed by atoms with E-state index in [2.05, 4.69) is 39.0 Å². The van der Waals surface area contributed by atoms with E-state index in [1.165, 1.54) is 30.5 Å². The zero-order valence-corrected chi connectivity index (χ0v) is 21.4. The van der Waals surface area contributed by atoms with E-state index in [0.717, 1.165) is 35.6 Å². The third-order valence-electron chi connectivity index (χ3n) is 7.76. The fourth-order valence-corrected chi connectivity index (χ4v) is 6.79. The first-order chi connectivity index (χ1) is 17.8. The van der Waals surface area contributed by atoms with Crippen LogP contribution in [0.25, 0.3) is 16.5 Å². The molecule has 9 heteroatoms. The molecule has 0 spiro atoms. The summed E-state index contributed by atoms with van der Waals surface area (Å²) in [6, 6.07) is 5.45. The summed E-state index contributed by atoms with van der Waals surface area (Å²) in [6.45, 7) is 0.427. The van der Waals surface area contributed by atoms with E-state index in [-0.39, 0.29) is 29.0 Å². The maximum Gasteiger partial charge on any atom is 0.335 e. The molecule has 1 aliphatic heterocycles. The molecule has 1 saturated carbocycles. The van der Waals surface area contributed by atoms with Crippen LogP contribution < -0.4 is 0 Å². The van der Waals surface area contributed by atoms with Gasteiger partial charge in [-0.25, -0.2) is 13.2 Å². The maximum absolute atomic E-state index is 11.9. The van der Waals surface area contributed by atoms with E-state index in [1.54, 1.807) is 12.1 Å². The Labute approximate surface area is 215 Å². The molecule has 192 valence electrons. The van der Waals surface area contributed by atoms with Crippen LogP contribution in [0.5, 0.6) is 0 Å². The Kier molecular flexibility index (Phi) is 5.90. The second-order valence-corrected chi connectivity index (χ2v) is 12.5. The molecule has 37 heavy (non-hydrogen) atoms. The molecule has 3 heterocycles. The van der Waals surface area contributed by atoms with Gasteiger partial charge in [-0.05, 0) is 36.5 Å². The Hall–Kier alpha value is -3.46. The number of nitrogens with zero attached hydrogens (tertiary/aromatic N) is 3. The monoisotopic (exact) mass is 519 g/mol. The van der Waals surface area contributed by atoms with Crippen molar-refractivity contribution in [1.82, 2.24) is 14.7 Å². The van der Waals surface area contributed by atoms with Gasteiger partial charge in [-0.15, -0.1) is 0 Å². The number of rotatable bonds is 5. The standard InChI is InChI=1S/C28H29N3O5S/c1-37(34,35)16-24-29-27(36-30-24)20-13-18-9-5-6-10-21(18)26-25(17-7-3-2-4-8-17)22-12-11-19(28(32)33)14-23(22)31(26)15-20/h5-6,9-14,17-18,21H,2-4,7-8,15-16H2,1H3,(H,32,33). The first kappa shape index (κ1) is 23.9. The molecule has 3 aliphatic rings. The lowest BCUT2D eigenvalue weighted by atomic mass is 9.77. The third-order valence-corrected chi connectivity index (χ3v) is 8.54. The van der Waals surface area contributed by atoms with Crippen molar-refractivity contribution in [2.24, 2.45) is 5.92 Å². The second-order valence-electron chi connectivity index (χ2n) is 10.4. The maximum atomic E-state index is 11.9. The van der Waals surface area contributed by atoms with Gasteiger partial charge in [0.2, 0.25) is 0 Å². The Morgan fingerprint density at radius 1 is 1.16 bits per heavy atom. The summed E-state index contributed by atoms with van der Waals surface area (Å²) < 4.78 is 31.3. The lowest BCUT2D eigenvalue weighted by molar-refractivity contribution is 0.0697. The molecular formula is C28H29N3O5S. The van der Waals surface area contributed by atoms with Crippen molar-refractivity contribution in [2.75, 3.05) is 6.26 Å². The summed E-state index contributed by atoms with van der Waals surface area (Å²) >= 11 is 0. The molecule has 2 atom stereocenters. The molecular weight excluding hydrogens is 490 g/mol. The Morgan fingerprint density at radius 2 is 1.95 bits per heavy atom. The number of sulfone groups is 1. The van der Waals surface area contributed by atoms with Gasteiger partial charge in [-0.1, -0.05) is 60.9 Å². The summed E-state index contributed by atoms with van der Waals surface area (Å²) in [7, 11) is -3.31. The van der Waals surface area contributed by atoms with Gasteiger partial charge in [-0.3, -0.25) is 0 Å². The fourth-order valence-electron chi connectivity index (χ4n) is 6.21. The number of hydrogen-bond donors (Lipinski definition) is 1.